The number of rotatable bonds is 9. The van der Waals surface area contributed by atoms with Crippen molar-refractivity contribution in [1.29, 1.82) is 0 Å². The number of carbonyl (C=O) groups excluding carboxylic acids is 1. The second-order valence-electron chi connectivity index (χ2n) is 8.55. The van der Waals surface area contributed by atoms with Crippen molar-refractivity contribution in [2.45, 2.75) is 18.2 Å². The van der Waals surface area contributed by atoms with Gasteiger partial charge in [0.15, 0.2) is 21.4 Å². The summed E-state index contributed by atoms with van der Waals surface area (Å²) in [4.78, 5) is 30.6. The van der Waals surface area contributed by atoms with Gasteiger partial charge in [-0.05, 0) is 43.3 Å². The lowest BCUT2D eigenvalue weighted by atomic mass is 10.3. The fraction of sp³-hybridized carbons (Fsp3) is 0.320. The Balaban J connectivity index is 1.51. The van der Waals surface area contributed by atoms with Crippen LogP contribution in [0.3, 0.4) is 0 Å². The first-order chi connectivity index (χ1) is 19.2. The molecule has 0 unspecified atom stereocenters. The van der Waals surface area contributed by atoms with Gasteiger partial charge < -0.3 is 19.1 Å². The zero-order chi connectivity index (χ0) is 28.3. The van der Waals surface area contributed by atoms with Crippen molar-refractivity contribution in [2.75, 3.05) is 43.6 Å². The fourth-order valence-electron chi connectivity index (χ4n) is 4.05. The molecule has 0 aliphatic carbocycles. The van der Waals surface area contributed by atoms with Crippen molar-refractivity contribution in [3.63, 3.8) is 0 Å². The number of nitrogens with zero attached hydrogens (tertiary/aromatic N) is 6. The predicted octanol–water partition coefficient (Wildman–Crippen LogP) is 3.11. The summed E-state index contributed by atoms with van der Waals surface area (Å²) in [5.41, 5.74) is 0.715. The van der Waals surface area contributed by atoms with E-state index in [2.05, 4.69) is 19.9 Å². The van der Waals surface area contributed by atoms with Gasteiger partial charge in [-0.25, -0.2) is 22.2 Å². The van der Waals surface area contributed by atoms with Crippen LogP contribution < -0.4 is 9.64 Å². The number of para-hydroxylation sites is 2. The molecule has 0 radical (unpaired) electrons. The lowest BCUT2D eigenvalue weighted by molar-refractivity contribution is -0.139. The number of benzene rings is 2. The molecule has 0 N–H and O–H groups in total. The Kier molecular flexibility index (Phi) is 7.84. The van der Waals surface area contributed by atoms with Gasteiger partial charge in [0.1, 0.15) is 5.75 Å². The standard InChI is InChI=1S/C25H24F2N6O6S/c1-2-38-20(34)15-40(35,36)17-9-7-16(8-10-17)39-25-30-23(32-11-13-37-14-12-32)29-24(31-25)33-19-6-4-3-5-18(19)28-22(33)21(26)27/h3-10,21H,2,11-15H2,1H3. The predicted molar refractivity (Wildman–Crippen MR) is 138 cm³/mol. The van der Waals surface area contributed by atoms with Crippen molar-refractivity contribution in [1.82, 2.24) is 24.5 Å². The van der Waals surface area contributed by atoms with Crippen molar-refractivity contribution in [3.8, 4) is 17.7 Å². The Morgan fingerprint density at radius 3 is 2.40 bits per heavy atom. The maximum absolute atomic E-state index is 14.0. The summed E-state index contributed by atoms with van der Waals surface area (Å²) in [6.45, 7) is 3.42. The Bertz CT molecular complexity index is 1620. The average Bonchev–Trinajstić information content (AvgIpc) is 3.34. The molecule has 1 aliphatic rings. The third-order valence-electron chi connectivity index (χ3n) is 5.87. The molecule has 2 aromatic carbocycles. The number of anilines is 1. The van der Waals surface area contributed by atoms with Crippen LogP contribution in [0.1, 0.15) is 19.2 Å². The lowest BCUT2D eigenvalue weighted by Gasteiger charge is -2.27. The van der Waals surface area contributed by atoms with E-state index in [0.29, 0.717) is 37.3 Å². The van der Waals surface area contributed by atoms with Crippen LogP contribution in [0.5, 0.6) is 11.8 Å². The van der Waals surface area contributed by atoms with Crippen LogP contribution >= 0.6 is 0 Å². The van der Waals surface area contributed by atoms with Gasteiger partial charge in [0, 0.05) is 13.1 Å². The highest BCUT2D eigenvalue weighted by molar-refractivity contribution is 7.92. The number of sulfone groups is 1. The number of imidazole rings is 1. The van der Waals surface area contributed by atoms with Crippen LogP contribution in [-0.4, -0.2) is 77.6 Å². The Morgan fingerprint density at radius 2 is 1.70 bits per heavy atom. The van der Waals surface area contributed by atoms with Crippen molar-refractivity contribution in [3.05, 3.63) is 54.4 Å². The van der Waals surface area contributed by atoms with Crippen molar-refractivity contribution in [2.24, 2.45) is 0 Å². The number of hydrogen-bond acceptors (Lipinski definition) is 11. The smallest absolute Gasteiger partial charge is 0.328 e. The van der Waals surface area contributed by atoms with E-state index >= 15 is 0 Å². The van der Waals surface area contributed by atoms with Crippen LogP contribution in [0.15, 0.2) is 53.4 Å². The molecule has 5 rings (SSSR count). The Morgan fingerprint density at radius 1 is 1.00 bits per heavy atom. The molecular formula is C25H24F2N6O6S. The van der Waals surface area contributed by atoms with Gasteiger partial charge in [0.05, 0.1) is 35.7 Å². The minimum atomic E-state index is -3.93. The van der Waals surface area contributed by atoms with Gasteiger partial charge in [0.25, 0.3) is 6.43 Å². The van der Waals surface area contributed by atoms with E-state index in [4.69, 9.17) is 14.2 Å². The largest absolute Gasteiger partial charge is 0.465 e. The first-order valence-electron chi connectivity index (χ1n) is 12.3. The molecule has 1 saturated heterocycles. The number of fused-ring (bicyclic) bond motifs is 1. The molecule has 3 heterocycles. The van der Waals surface area contributed by atoms with E-state index < -0.39 is 33.8 Å². The van der Waals surface area contributed by atoms with Crippen LogP contribution in [0.2, 0.25) is 0 Å². The summed E-state index contributed by atoms with van der Waals surface area (Å²) in [5.74, 6) is -1.95. The quantitative estimate of drug-likeness (QED) is 0.273. The van der Waals surface area contributed by atoms with Gasteiger partial charge in [-0.1, -0.05) is 12.1 Å². The van der Waals surface area contributed by atoms with E-state index in [1.165, 1.54) is 24.3 Å². The SMILES string of the molecule is CCOC(=O)CS(=O)(=O)c1ccc(Oc2nc(N3CCOCC3)nc(-n3c(C(F)F)nc4ccccc43)n2)cc1. The number of morpholine rings is 1. The zero-order valence-electron chi connectivity index (χ0n) is 21.2. The first-order valence-corrected chi connectivity index (χ1v) is 13.9. The number of esters is 1. The molecule has 2 aromatic heterocycles. The highest BCUT2D eigenvalue weighted by Crippen LogP contribution is 2.29. The monoisotopic (exact) mass is 574 g/mol. The van der Waals surface area contributed by atoms with Gasteiger partial charge in [0.2, 0.25) is 11.9 Å². The topological polar surface area (TPSA) is 139 Å². The van der Waals surface area contributed by atoms with E-state index in [-0.39, 0.29) is 35.2 Å². The molecule has 0 saturated carbocycles. The second-order valence-corrected chi connectivity index (χ2v) is 10.5. The number of alkyl halides is 2. The third-order valence-corrected chi connectivity index (χ3v) is 7.48. The lowest BCUT2D eigenvalue weighted by Crippen LogP contribution is -2.37. The zero-order valence-corrected chi connectivity index (χ0v) is 22.1. The average molecular weight is 575 g/mol. The van der Waals surface area contributed by atoms with Crippen molar-refractivity contribution < 1.29 is 36.2 Å². The van der Waals surface area contributed by atoms with E-state index in [1.807, 2.05) is 4.90 Å². The summed E-state index contributed by atoms with van der Waals surface area (Å²) in [6.07, 6.45) is -2.91. The summed E-state index contributed by atoms with van der Waals surface area (Å²) >= 11 is 0. The molecule has 0 amide bonds. The molecule has 4 aromatic rings. The van der Waals surface area contributed by atoms with Crippen LogP contribution in [0.25, 0.3) is 17.0 Å². The van der Waals surface area contributed by atoms with Gasteiger partial charge in [-0.15, -0.1) is 0 Å². The molecule has 40 heavy (non-hydrogen) atoms. The molecule has 1 fully saturated rings. The molecule has 0 bridgehead atoms. The van der Waals surface area contributed by atoms with Crippen molar-refractivity contribution >= 4 is 32.8 Å². The first kappa shape index (κ1) is 27.3. The molecule has 0 spiro atoms. The highest BCUT2D eigenvalue weighted by Gasteiger charge is 2.25. The van der Waals surface area contributed by atoms with Gasteiger partial charge in [-0.3, -0.25) is 9.36 Å². The molecule has 0 atom stereocenters. The second kappa shape index (κ2) is 11.5. The van der Waals surface area contributed by atoms with Gasteiger partial charge >= 0.3 is 12.0 Å². The van der Waals surface area contributed by atoms with Gasteiger partial charge in [-0.2, -0.15) is 15.0 Å². The van der Waals surface area contributed by atoms with Crippen LogP contribution in [0, 0.1) is 0 Å². The summed E-state index contributed by atoms with van der Waals surface area (Å²) < 4.78 is 70.2. The summed E-state index contributed by atoms with van der Waals surface area (Å²) in [7, 11) is -3.93. The number of ether oxygens (including phenoxy) is 3. The summed E-state index contributed by atoms with van der Waals surface area (Å²) in [5, 5.41) is 0. The van der Waals surface area contributed by atoms with Crippen LogP contribution in [0.4, 0.5) is 14.7 Å². The Labute approximate surface area is 227 Å². The maximum atomic E-state index is 14.0. The minimum absolute atomic E-state index is 0.0647. The summed E-state index contributed by atoms with van der Waals surface area (Å²) in [6, 6.07) is 11.7. The number of hydrogen-bond donors (Lipinski definition) is 0. The highest BCUT2D eigenvalue weighted by atomic mass is 32.2. The third kappa shape index (κ3) is 5.84. The fourth-order valence-corrected chi connectivity index (χ4v) is 5.16. The number of halogens is 2. The molecule has 210 valence electrons. The van der Waals surface area contributed by atoms with E-state index in [1.54, 1.807) is 31.2 Å². The molecular weight excluding hydrogens is 550 g/mol. The molecule has 12 nitrogen and oxygen atoms in total. The number of carbonyl (C=O) groups is 1. The minimum Gasteiger partial charge on any atom is -0.465 e. The molecule has 1 aliphatic heterocycles. The Hall–Kier alpha value is -4.24. The maximum Gasteiger partial charge on any atom is 0.328 e. The normalized spacial score (nSPS) is 14.1. The molecule has 15 heteroatoms. The number of aromatic nitrogens is 5. The van der Waals surface area contributed by atoms with E-state index in [9.17, 15) is 22.0 Å². The van der Waals surface area contributed by atoms with E-state index in [0.717, 1.165) is 4.57 Å². The van der Waals surface area contributed by atoms with Crippen LogP contribution in [-0.2, 0) is 24.1 Å².